The SMILES string of the molecule is CC/C=C\C/C=C\C/C=C\CCCCCCCCCC(=O)OCC(COP(=O)(O)OCC(O)COP(=O)(O)OCC(COC(=O)CCCCCCCCCCCCCCCCC)OC(=O)CCCCCCC/C=C\C/C=C\CCC)OC(=O)CCCCCCC/C=C\CCCCCCCC. The molecule has 0 saturated heterocycles. The van der Waals surface area contributed by atoms with Gasteiger partial charge in [-0.15, -0.1) is 0 Å². The zero-order valence-corrected chi connectivity index (χ0v) is 65.4. The van der Waals surface area contributed by atoms with Crippen LogP contribution >= 0.6 is 15.6 Å². The summed E-state index contributed by atoms with van der Waals surface area (Å²) in [6, 6.07) is 0. The van der Waals surface area contributed by atoms with Gasteiger partial charge in [0.15, 0.2) is 12.2 Å². The topological polar surface area (TPSA) is 237 Å². The molecule has 17 nitrogen and oxygen atoms in total. The monoisotopic (exact) mass is 1450 g/mol. The van der Waals surface area contributed by atoms with Gasteiger partial charge in [-0.05, 0) is 109 Å². The first-order valence-corrected chi connectivity index (χ1v) is 43.2. The minimum atomic E-state index is -4.98. The molecule has 0 saturated carbocycles. The second kappa shape index (κ2) is 73.8. The Morgan fingerprint density at radius 1 is 0.290 bits per heavy atom. The van der Waals surface area contributed by atoms with Crippen LogP contribution in [0.15, 0.2) is 72.9 Å². The van der Waals surface area contributed by atoms with Crippen LogP contribution in [0.25, 0.3) is 0 Å². The van der Waals surface area contributed by atoms with Crippen LogP contribution in [-0.4, -0.2) is 96.7 Å². The average molecular weight is 1450 g/mol. The lowest BCUT2D eigenvalue weighted by Crippen LogP contribution is -2.30. The molecule has 0 aliphatic rings. The lowest BCUT2D eigenvalue weighted by molar-refractivity contribution is -0.161. The van der Waals surface area contributed by atoms with Crippen molar-refractivity contribution in [1.29, 1.82) is 0 Å². The molecular weight excluding hydrogens is 1310 g/mol. The summed E-state index contributed by atoms with van der Waals surface area (Å²) in [5.41, 5.74) is 0. The molecule has 0 rings (SSSR count). The van der Waals surface area contributed by atoms with Gasteiger partial charge in [0.2, 0.25) is 0 Å². The molecule has 19 heteroatoms. The van der Waals surface area contributed by atoms with Gasteiger partial charge in [0.05, 0.1) is 26.4 Å². The second-order valence-electron chi connectivity index (χ2n) is 27.0. The molecule has 0 fully saturated rings. The molecule has 0 bridgehead atoms. The van der Waals surface area contributed by atoms with Gasteiger partial charge in [-0.3, -0.25) is 37.3 Å². The Hall–Kier alpha value is -3.50. The number of hydrogen-bond donors (Lipinski definition) is 3. The average Bonchev–Trinajstić information content (AvgIpc) is 1.06. The van der Waals surface area contributed by atoms with Gasteiger partial charge in [0.25, 0.3) is 0 Å². The van der Waals surface area contributed by atoms with Gasteiger partial charge in [0.1, 0.15) is 19.3 Å². The maximum absolute atomic E-state index is 13.1. The normalized spacial score (nSPS) is 14.3. The number of ether oxygens (including phenoxy) is 4. The fourth-order valence-corrected chi connectivity index (χ4v) is 12.6. The number of aliphatic hydroxyl groups excluding tert-OH is 1. The Balaban J connectivity index is 5.33. The van der Waals surface area contributed by atoms with Gasteiger partial charge in [-0.25, -0.2) is 9.13 Å². The molecule has 0 aliphatic carbocycles. The zero-order valence-electron chi connectivity index (χ0n) is 63.6. The fraction of sp³-hybridized carbons (Fsp3) is 0.802. The summed E-state index contributed by atoms with van der Waals surface area (Å²) in [5.74, 6) is -2.18. The first kappa shape index (κ1) is 96.5. The van der Waals surface area contributed by atoms with E-state index in [2.05, 4.69) is 101 Å². The number of hydrogen-bond acceptors (Lipinski definition) is 15. The third-order valence-corrected chi connectivity index (χ3v) is 19.0. The summed E-state index contributed by atoms with van der Waals surface area (Å²) in [7, 11) is -9.95. The summed E-state index contributed by atoms with van der Waals surface area (Å²) in [4.78, 5) is 73.0. The van der Waals surface area contributed by atoms with E-state index >= 15 is 0 Å². The molecule has 0 heterocycles. The van der Waals surface area contributed by atoms with Crippen molar-refractivity contribution in [1.82, 2.24) is 0 Å². The number of carbonyl (C=O) groups excluding carboxylic acids is 4. The minimum absolute atomic E-state index is 0.0830. The Kier molecular flexibility index (Phi) is 71.2. The molecule has 0 aromatic heterocycles. The quantitative estimate of drug-likeness (QED) is 0.0169. The molecular formula is C81H146O17P2. The van der Waals surface area contributed by atoms with E-state index in [1.807, 2.05) is 0 Å². The summed E-state index contributed by atoms with van der Waals surface area (Å²) in [5, 5.41) is 10.6. The molecule has 5 unspecified atom stereocenters. The largest absolute Gasteiger partial charge is 0.472 e. The van der Waals surface area contributed by atoms with Crippen molar-refractivity contribution in [3.63, 3.8) is 0 Å². The molecule has 0 spiro atoms. The summed E-state index contributed by atoms with van der Waals surface area (Å²) >= 11 is 0. The highest BCUT2D eigenvalue weighted by molar-refractivity contribution is 7.47. The van der Waals surface area contributed by atoms with Crippen molar-refractivity contribution in [2.75, 3.05) is 39.6 Å². The number of aliphatic hydroxyl groups is 1. The number of rotatable bonds is 76. The van der Waals surface area contributed by atoms with E-state index in [1.165, 1.54) is 109 Å². The lowest BCUT2D eigenvalue weighted by Gasteiger charge is -2.21. The molecule has 3 N–H and O–H groups in total. The Morgan fingerprint density at radius 3 is 0.850 bits per heavy atom. The molecule has 0 radical (unpaired) electrons. The van der Waals surface area contributed by atoms with E-state index in [0.29, 0.717) is 25.7 Å². The number of esters is 4. The fourth-order valence-electron chi connectivity index (χ4n) is 11.0. The predicted molar refractivity (Wildman–Crippen MR) is 409 cm³/mol. The first-order valence-electron chi connectivity index (χ1n) is 40.2. The number of allylic oxidation sites excluding steroid dienone is 12. The van der Waals surface area contributed by atoms with Crippen molar-refractivity contribution in [2.45, 2.75) is 380 Å². The lowest BCUT2D eigenvalue weighted by atomic mass is 10.0. The van der Waals surface area contributed by atoms with Crippen LogP contribution in [0.4, 0.5) is 0 Å². The maximum Gasteiger partial charge on any atom is 0.472 e. The van der Waals surface area contributed by atoms with Gasteiger partial charge in [-0.2, -0.15) is 0 Å². The molecule has 0 aromatic carbocycles. The summed E-state index contributed by atoms with van der Waals surface area (Å²) in [6.07, 6.45) is 74.5. The number of phosphoric ester groups is 2. The van der Waals surface area contributed by atoms with Crippen molar-refractivity contribution in [3.8, 4) is 0 Å². The first-order chi connectivity index (χ1) is 48.7. The predicted octanol–water partition coefficient (Wildman–Crippen LogP) is 23.2. The van der Waals surface area contributed by atoms with E-state index in [-0.39, 0.29) is 25.7 Å². The number of unbranched alkanes of at least 4 members (excludes halogenated alkanes) is 38. The molecule has 0 amide bonds. The van der Waals surface area contributed by atoms with E-state index in [1.54, 1.807) is 0 Å². The molecule has 582 valence electrons. The number of phosphoric acid groups is 2. The van der Waals surface area contributed by atoms with Crippen molar-refractivity contribution in [2.24, 2.45) is 0 Å². The minimum Gasteiger partial charge on any atom is -0.462 e. The van der Waals surface area contributed by atoms with Crippen molar-refractivity contribution < 1.29 is 80.2 Å². The van der Waals surface area contributed by atoms with Crippen molar-refractivity contribution >= 4 is 39.5 Å². The van der Waals surface area contributed by atoms with Gasteiger partial charge in [0, 0.05) is 25.7 Å². The number of carbonyl (C=O) groups is 4. The Morgan fingerprint density at radius 2 is 0.540 bits per heavy atom. The standard InChI is InChI=1S/C81H146O17P2/c1-5-9-13-17-21-25-29-33-36-37-40-43-46-50-54-58-62-66-79(84)92-72-77(98-81(86)68-64-60-56-52-48-44-39-35-31-27-23-19-15-11-7-3)74-96-100(89,90)94-70-75(82)69-93-99(87,88)95-73-76(97-80(85)67-63-59-55-51-47-41-32-28-24-20-16-12-8-4)71-91-78(83)65-61-57-53-49-45-42-38-34-30-26-22-18-14-10-6-2/h9,13,16,20-21,25,28,32-33,35-36,39,75-77,82H,5-8,10-12,14-15,17-19,22-24,26-27,29-31,34,37-38,40-74H2,1-4H3,(H,87,88)(H,89,90)/b13-9-,20-16-,25-21-,32-28-,36-33-,39-35-. The van der Waals surface area contributed by atoms with Crippen LogP contribution in [0.1, 0.15) is 362 Å². The Labute approximate surface area is 609 Å². The summed E-state index contributed by atoms with van der Waals surface area (Å²) < 4.78 is 68.6. The van der Waals surface area contributed by atoms with E-state index in [4.69, 9.17) is 37.0 Å². The second-order valence-corrected chi connectivity index (χ2v) is 29.9. The maximum atomic E-state index is 13.1. The zero-order chi connectivity index (χ0) is 73.2. The molecule has 5 atom stereocenters. The van der Waals surface area contributed by atoms with E-state index in [0.717, 1.165) is 173 Å². The molecule has 0 aromatic rings. The van der Waals surface area contributed by atoms with Crippen LogP contribution < -0.4 is 0 Å². The van der Waals surface area contributed by atoms with Gasteiger partial charge in [-0.1, -0.05) is 300 Å². The highest BCUT2D eigenvalue weighted by atomic mass is 31.2. The van der Waals surface area contributed by atoms with E-state index < -0.39 is 97.5 Å². The molecule has 0 aliphatic heterocycles. The van der Waals surface area contributed by atoms with Gasteiger partial charge >= 0.3 is 39.5 Å². The third kappa shape index (κ3) is 72.8. The third-order valence-electron chi connectivity index (χ3n) is 17.1. The van der Waals surface area contributed by atoms with Gasteiger partial charge < -0.3 is 33.8 Å². The Bertz CT molecular complexity index is 2180. The van der Waals surface area contributed by atoms with Crippen LogP contribution in [-0.2, 0) is 65.4 Å². The van der Waals surface area contributed by atoms with Crippen LogP contribution in [0.2, 0.25) is 0 Å². The molecule has 100 heavy (non-hydrogen) atoms. The van der Waals surface area contributed by atoms with Crippen LogP contribution in [0.5, 0.6) is 0 Å². The smallest absolute Gasteiger partial charge is 0.462 e. The van der Waals surface area contributed by atoms with Crippen molar-refractivity contribution in [3.05, 3.63) is 72.9 Å². The van der Waals surface area contributed by atoms with Crippen LogP contribution in [0.3, 0.4) is 0 Å². The van der Waals surface area contributed by atoms with E-state index in [9.17, 15) is 43.2 Å². The van der Waals surface area contributed by atoms with Crippen LogP contribution in [0, 0.1) is 0 Å². The highest BCUT2D eigenvalue weighted by Gasteiger charge is 2.30. The summed E-state index contributed by atoms with van der Waals surface area (Å²) in [6.45, 7) is 4.73. The highest BCUT2D eigenvalue weighted by Crippen LogP contribution is 2.45.